The summed E-state index contributed by atoms with van der Waals surface area (Å²) < 4.78 is 12.8. The molecule has 0 amide bonds. The van der Waals surface area contributed by atoms with Crippen molar-refractivity contribution in [3.8, 4) is 0 Å². The predicted octanol–water partition coefficient (Wildman–Crippen LogP) is 2.78. The lowest BCUT2D eigenvalue weighted by atomic mass is 10.4. The summed E-state index contributed by atoms with van der Waals surface area (Å²) in [5, 5.41) is 3.81. The maximum absolute atomic E-state index is 12.8. The Bertz CT molecular complexity index is 530. The van der Waals surface area contributed by atoms with E-state index in [1.165, 1.54) is 23.9 Å². The fraction of sp³-hybridized carbons (Fsp3) is 0.167. The summed E-state index contributed by atoms with van der Waals surface area (Å²) in [5.74, 6) is 0.655. The molecule has 0 unspecified atom stereocenters. The summed E-state index contributed by atoms with van der Waals surface area (Å²) in [4.78, 5) is 9.09. The molecule has 0 aliphatic heterocycles. The first kappa shape index (κ1) is 12.6. The number of hydrogen-bond donors (Lipinski definition) is 2. The van der Waals surface area contributed by atoms with Crippen molar-refractivity contribution in [2.24, 2.45) is 0 Å². The van der Waals surface area contributed by atoms with E-state index in [1.54, 1.807) is 12.1 Å². The molecule has 18 heavy (non-hydrogen) atoms. The summed E-state index contributed by atoms with van der Waals surface area (Å²) in [6.07, 6.45) is 0. The Balaban J connectivity index is 2.20. The maximum atomic E-state index is 12.8. The first-order chi connectivity index (χ1) is 8.67. The number of rotatable bonds is 4. The van der Waals surface area contributed by atoms with E-state index < -0.39 is 0 Å². The molecule has 2 aromatic rings. The zero-order valence-electron chi connectivity index (χ0n) is 9.85. The molecule has 0 aliphatic rings. The van der Waals surface area contributed by atoms with Gasteiger partial charge in [0.15, 0.2) is 0 Å². The van der Waals surface area contributed by atoms with E-state index in [9.17, 15) is 4.39 Å². The minimum Gasteiger partial charge on any atom is -0.370 e. The van der Waals surface area contributed by atoms with Crippen LogP contribution in [-0.4, -0.2) is 16.5 Å². The van der Waals surface area contributed by atoms with Crippen LogP contribution in [0.3, 0.4) is 0 Å². The van der Waals surface area contributed by atoms with Gasteiger partial charge in [-0.25, -0.2) is 9.37 Å². The number of aromatic nitrogens is 2. The van der Waals surface area contributed by atoms with Gasteiger partial charge in [0, 0.05) is 17.5 Å². The molecule has 0 bridgehead atoms. The summed E-state index contributed by atoms with van der Waals surface area (Å²) in [6.45, 7) is 2.74. The predicted molar refractivity (Wildman–Crippen MR) is 71.1 cm³/mol. The number of hydrogen-bond acceptors (Lipinski definition) is 5. The molecule has 6 heteroatoms. The number of nitrogen functional groups attached to an aromatic ring is 1. The van der Waals surface area contributed by atoms with E-state index in [0.717, 1.165) is 16.5 Å². The highest BCUT2D eigenvalue weighted by Gasteiger charge is 2.04. The highest BCUT2D eigenvalue weighted by Crippen LogP contribution is 2.27. The number of nitrogens with one attached hydrogen (secondary N) is 1. The highest BCUT2D eigenvalue weighted by atomic mass is 32.2. The van der Waals surface area contributed by atoms with Crippen molar-refractivity contribution in [3.63, 3.8) is 0 Å². The zero-order valence-corrected chi connectivity index (χ0v) is 10.7. The van der Waals surface area contributed by atoms with Gasteiger partial charge < -0.3 is 11.1 Å². The first-order valence-electron chi connectivity index (χ1n) is 5.49. The summed E-state index contributed by atoms with van der Waals surface area (Å²) in [6, 6.07) is 8.04. The van der Waals surface area contributed by atoms with Gasteiger partial charge in [-0.1, -0.05) is 11.8 Å². The Kier molecular flexibility index (Phi) is 3.99. The van der Waals surface area contributed by atoms with Crippen LogP contribution in [0.5, 0.6) is 0 Å². The van der Waals surface area contributed by atoms with Crippen LogP contribution >= 0.6 is 11.8 Å². The monoisotopic (exact) mass is 264 g/mol. The number of nitrogens with two attached hydrogens (primary N) is 1. The molecular formula is C12H13FN4S. The second-order valence-corrected chi connectivity index (χ2v) is 4.63. The molecule has 1 aromatic heterocycles. The summed E-state index contributed by atoms with van der Waals surface area (Å²) >= 11 is 1.41. The van der Waals surface area contributed by atoms with E-state index in [4.69, 9.17) is 5.73 Å². The van der Waals surface area contributed by atoms with E-state index in [2.05, 4.69) is 15.3 Å². The van der Waals surface area contributed by atoms with Crippen LogP contribution < -0.4 is 11.1 Å². The van der Waals surface area contributed by atoms with Crippen molar-refractivity contribution in [1.82, 2.24) is 9.97 Å². The van der Waals surface area contributed by atoms with Gasteiger partial charge in [0.05, 0.1) is 0 Å². The van der Waals surface area contributed by atoms with Crippen LogP contribution in [0, 0.1) is 5.82 Å². The van der Waals surface area contributed by atoms with E-state index in [-0.39, 0.29) is 11.8 Å². The first-order valence-corrected chi connectivity index (χ1v) is 6.31. The smallest absolute Gasteiger partial charge is 0.223 e. The van der Waals surface area contributed by atoms with Crippen molar-refractivity contribution < 1.29 is 4.39 Å². The van der Waals surface area contributed by atoms with Crippen molar-refractivity contribution >= 4 is 23.5 Å². The van der Waals surface area contributed by atoms with Crippen LogP contribution in [0.4, 0.5) is 16.2 Å². The van der Waals surface area contributed by atoms with E-state index in [0.29, 0.717) is 5.82 Å². The molecule has 0 saturated carbocycles. The lowest BCUT2D eigenvalue weighted by molar-refractivity contribution is 0.626. The fourth-order valence-corrected chi connectivity index (χ4v) is 2.21. The van der Waals surface area contributed by atoms with E-state index >= 15 is 0 Å². The molecule has 94 valence electrons. The average Bonchev–Trinajstić information content (AvgIpc) is 2.32. The second kappa shape index (κ2) is 5.68. The summed E-state index contributed by atoms with van der Waals surface area (Å²) in [7, 11) is 0. The molecule has 1 heterocycles. The van der Waals surface area contributed by atoms with Gasteiger partial charge in [0.25, 0.3) is 0 Å². The Morgan fingerprint density at radius 3 is 2.67 bits per heavy atom. The van der Waals surface area contributed by atoms with Gasteiger partial charge in [-0.2, -0.15) is 4.98 Å². The Morgan fingerprint density at radius 1 is 1.28 bits per heavy atom. The lowest BCUT2D eigenvalue weighted by Crippen LogP contribution is -2.03. The lowest BCUT2D eigenvalue weighted by Gasteiger charge is -2.06. The van der Waals surface area contributed by atoms with Crippen molar-refractivity contribution in [2.75, 3.05) is 17.6 Å². The largest absolute Gasteiger partial charge is 0.370 e. The SMILES string of the molecule is CCNc1cc(Sc2ccc(F)cc2)nc(N)n1. The van der Waals surface area contributed by atoms with Gasteiger partial charge in [0.1, 0.15) is 16.7 Å². The number of benzene rings is 1. The Morgan fingerprint density at radius 2 is 2.00 bits per heavy atom. The zero-order chi connectivity index (χ0) is 13.0. The molecule has 0 aliphatic carbocycles. The van der Waals surface area contributed by atoms with Gasteiger partial charge in [-0.3, -0.25) is 0 Å². The average molecular weight is 264 g/mol. The van der Waals surface area contributed by atoms with E-state index in [1.807, 2.05) is 13.0 Å². The molecule has 0 atom stereocenters. The standard InChI is InChI=1S/C12H13FN4S/c1-2-15-10-7-11(17-12(14)16-10)18-9-5-3-8(13)4-6-9/h3-7H,2H2,1H3,(H3,14,15,16,17). The number of nitrogens with zero attached hydrogens (tertiary/aromatic N) is 2. The molecule has 0 radical (unpaired) electrons. The third-order valence-electron chi connectivity index (χ3n) is 2.11. The van der Waals surface area contributed by atoms with Crippen molar-refractivity contribution in [1.29, 1.82) is 0 Å². The number of anilines is 2. The molecule has 0 spiro atoms. The van der Waals surface area contributed by atoms with Crippen molar-refractivity contribution in [3.05, 3.63) is 36.1 Å². The third kappa shape index (κ3) is 3.33. The topological polar surface area (TPSA) is 63.8 Å². The highest BCUT2D eigenvalue weighted by molar-refractivity contribution is 7.99. The van der Waals surface area contributed by atoms with Crippen LogP contribution in [0.25, 0.3) is 0 Å². The third-order valence-corrected chi connectivity index (χ3v) is 3.04. The normalized spacial score (nSPS) is 10.3. The fourth-order valence-electron chi connectivity index (χ4n) is 1.39. The Hall–Kier alpha value is -1.82. The molecule has 0 saturated heterocycles. The molecule has 3 N–H and O–H groups in total. The molecule has 4 nitrogen and oxygen atoms in total. The van der Waals surface area contributed by atoms with Gasteiger partial charge in [-0.05, 0) is 31.2 Å². The van der Waals surface area contributed by atoms with Crippen LogP contribution in [0.1, 0.15) is 6.92 Å². The molecule has 2 rings (SSSR count). The molecular weight excluding hydrogens is 251 g/mol. The second-order valence-electron chi connectivity index (χ2n) is 3.54. The van der Waals surface area contributed by atoms with Crippen LogP contribution in [0.2, 0.25) is 0 Å². The quantitative estimate of drug-likeness (QED) is 0.831. The van der Waals surface area contributed by atoms with Crippen molar-refractivity contribution in [2.45, 2.75) is 16.8 Å². The molecule has 1 aromatic carbocycles. The minimum absolute atomic E-state index is 0.220. The van der Waals surface area contributed by atoms with Crippen LogP contribution in [-0.2, 0) is 0 Å². The van der Waals surface area contributed by atoms with Gasteiger partial charge >= 0.3 is 0 Å². The minimum atomic E-state index is -0.255. The molecule has 0 fully saturated rings. The maximum Gasteiger partial charge on any atom is 0.223 e. The number of halogens is 1. The van der Waals surface area contributed by atoms with Crippen LogP contribution in [0.15, 0.2) is 40.3 Å². The van der Waals surface area contributed by atoms with Gasteiger partial charge in [-0.15, -0.1) is 0 Å². The van der Waals surface area contributed by atoms with Gasteiger partial charge in [0.2, 0.25) is 5.95 Å². The Labute approximate surface area is 109 Å². The summed E-state index contributed by atoms with van der Waals surface area (Å²) in [5.41, 5.74) is 5.63.